The second-order valence-electron chi connectivity index (χ2n) is 6.89. The molecule has 1 rings (SSSR count). The summed E-state index contributed by atoms with van der Waals surface area (Å²) in [4.78, 5) is 0. The van der Waals surface area contributed by atoms with Gasteiger partial charge in [0.05, 0.1) is 6.61 Å². The molecule has 0 radical (unpaired) electrons. The number of hydrogen-bond donors (Lipinski definition) is 0. The molecule has 0 spiro atoms. The third-order valence-corrected chi connectivity index (χ3v) is 8.43. The van der Waals surface area contributed by atoms with E-state index in [0.29, 0.717) is 5.04 Å². The highest BCUT2D eigenvalue weighted by atomic mass is 28.4. The van der Waals surface area contributed by atoms with Gasteiger partial charge in [-0.25, -0.2) is 0 Å². The molecule has 0 aromatic rings. The van der Waals surface area contributed by atoms with Crippen molar-refractivity contribution in [2.24, 2.45) is 0 Å². The highest BCUT2D eigenvalue weighted by Crippen LogP contribution is 2.36. The molecule has 1 unspecified atom stereocenters. The molecule has 3 heteroatoms. The lowest BCUT2D eigenvalue weighted by molar-refractivity contribution is 0.280. The predicted octanol–water partition coefficient (Wildman–Crippen LogP) is 3.97. The molecule has 0 aromatic carbocycles. The Morgan fingerprint density at radius 3 is 2.39 bits per heavy atom. The molecule has 0 N–H and O–H groups in total. The molecule has 0 amide bonds. The zero-order valence-electron chi connectivity index (χ0n) is 12.9. The quantitative estimate of drug-likeness (QED) is 0.326. The van der Waals surface area contributed by atoms with E-state index in [2.05, 4.69) is 45.7 Å². The fraction of sp³-hybridized carbons (Fsp3) is 0.867. The van der Waals surface area contributed by atoms with Crippen molar-refractivity contribution < 1.29 is 9.16 Å². The molecule has 1 fully saturated rings. The van der Waals surface area contributed by atoms with Crippen LogP contribution in [0.5, 0.6) is 0 Å². The molecule has 1 atom stereocenters. The Morgan fingerprint density at radius 2 is 1.89 bits per heavy atom. The van der Waals surface area contributed by atoms with Crippen LogP contribution in [-0.4, -0.2) is 27.1 Å². The molecule has 1 aliphatic heterocycles. The first-order chi connectivity index (χ1) is 8.16. The van der Waals surface area contributed by atoms with Crippen molar-refractivity contribution in [2.75, 3.05) is 13.2 Å². The van der Waals surface area contributed by atoms with Gasteiger partial charge < -0.3 is 9.16 Å². The van der Waals surface area contributed by atoms with E-state index in [4.69, 9.17) is 9.16 Å². The second kappa shape index (κ2) is 5.77. The molecule has 1 saturated heterocycles. The minimum absolute atomic E-state index is 0.113. The predicted molar refractivity (Wildman–Crippen MR) is 79.1 cm³/mol. The van der Waals surface area contributed by atoms with Crippen LogP contribution in [0.15, 0.2) is 0 Å². The van der Waals surface area contributed by atoms with Crippen molar-refractivity contribution in [3.8, 4) is 11.8 Å². The number of rotatable bonds is 5. The van der Waals surface area contributed by atoms with E-state index in [1.165, 1.54) is 0 Å². The fourth-order valence-electron chi connectivity index (χ4n) is 1.29. The maximum absolute atomic E-state index is 6.12. The summed E-state index contributed by atoms with van der Waals surface area (Å²) in [7, 11) is -1.55. The summed E-state index contributed by atoms with van der Waals surface area (Å²) < 4.78 is 11.3. The third kappa shape index (κ3) is 5.13. The van der Waals surface area contributed by atoms with Gasteiger partial charge in [-0.2, -0.15) is 0 Å². The summed E-state index contributed by atoms with van der Waals surface area (Å²) in [5.74, 6) is 6.36. The van der Waals surface area contributed by atoms with Gasteiger partial charge in [0.15, 0.2) is 8.32 Å². The third-order valence-electron chi connectivity index (χ3n) is 3.90. The van der Waals surface area contributed by atoms with Gasteiger partial charge in [-0.05, 0) is 37.9 Å². The van der Waals surface area contributed by atoms with Crippen molar-refractivity contribution >= 4 is 8.32 Å². The summed E-state index contributed by atoms with van der Waals surface area (Å²) in [6.45, 7) is 15.2. The first-order valence-electron chi connectivity index (χ1n) is 6.94. The minimum Gasteiger partial charge on any atom is -0.417 e. The Balaban J connectivity index is 2.09. The lowest BCUT2D eigenvalue weighted by Gasteiger charge is -2.36. The van der Waals surface area contributed by atoms with Gasteiger partial charge in [0, 0.05) is 13.0 Å². The van der Waals surface area contributed by atoms with Crippen LogP contribution in [-0.2, 0) is 9.16 Å². The van der Waals surface area contributed by atoms with Crippen LogP contribution in [0.4, 0.5) is 0 Å². The molecular weight excluding hydrogens is 240 g/mol. The van der Waals surface area contributed by atoms with Gasteiger partial charge >= 0.3 is 0 Å². The maximum Gasteiger partial charge on any atom is 0.191 e. The van der Waals surface area contributed by atoms with Crippen LogP contribution in [0.3, 0.4) is 0 Å². The van der Waals surface area contributed by atoms with Crippen molar-refractivity contribution in [1.82, 2.24) is 0 Å². The zero-order valence-corrected chi connectivity index (χ0v) is 13.9. The highest BCUT2D eigenvalue weighted by Gasteiger charge is 2.37. The summed E-state index contributed by atoms with van der Waals surface area (Å²) >= 11 is 0. The van der Waals surface area contributed by atoms with E-state index in [1.54, 1.807) is 0 Å². The number of ether oxygens (including phenoxy) is 1. The van der Waals surface area contributed by atoms with Crippen LogP contribution in [0.2, 0.25) is 18.1 Å². The van der Waals surface area contributed by atoms with Crippen molar-refractivity contribution in [1.29, 1.82) is 0 Å². The largest absolute Gasteiger partial charge is 0.417 e. The van der Waals surface area contributed by atoms with Crippen LogP contribution >= 0.6 is 0 Å². The van der Waals surface area contributed by atoms with Crippen LogP contribution < -0.4 is 0 Å². The Kier molecular flexibility index (Phi) is 5.05. The molecular formula is C15H28O2Si. The Hall–Kier alpha value is -0.303. The summed E-state index contributed by atoms with van der Waals surface area (Å²) in [5, 5.41) is 0.310. The van der Waals surface area contributed by atoms with E-state index in [0.717, 1.165) is 32.5 Å². The molecule has 0 saturated carbocycles. The van der Waals surface area contributed by atoms with E-state index in [1.807, 2.05) is 6.92 Å². The van der Waals surface area contributed by atoms with Crippen LogP contribution in [0.1, 0.15) is 47.0 Å². The zero-order chi connectivity index (χ0) is 13.9. The van der Waals surface area contributed by atoms with Crippen LogP contribution in [0.25, 0.3) is 0 Å². The first-order valence-corrected chi connectivity index (χ1v) is 9.85. The summed E-state index contributed by atoms with van der Waals surface area (Å²) in [6, 6.07) is 0. The number of unbranched alkanes of at least 4 members (excludes halogenated alkanes) is 2. The standard InChI is InChI=1S/C15H28O2Si/c1-14(2,3)18(5,6)17-12-10-8-7-9-11-15(4)13-16-15/h7-8,10,12-13H2,1-6H3. The molecule has 1 aliphatic rings. The molecule has 104 valence electrons. The lowest BCUT2D eigenvalue weighted by atomic mass is 10.2. The van der Waals surface area contributed by atoms with Crippen LogP contribution in [0, 0.1) is 11.8 Å². The first kappa shape index (κ1) is 15.8. The lowest BCUT2D eigenvalue weighted by Crippen LogP contribution is -2.40. The fourth-order valence-corrected chi connectivity index (χ4v) is 2.38. The molecule has 1 heterocycles. The molecule has 2 nitrogen and oxygen atoms in total. The Bertz CT molecular complexity index is 327. The monoisotopic (exact) mass is 268 g/mol. The second-order valence-corrected chi connectivity index (χ2v) is 11.7. The van der Waals surface area contributed by atoms with E-state index in [9.17, 15) is 0 Å². The summed E-state index contributed by atoms with van der Waals surface area (Å²) in [5.41, 5.74) is -0.113. The van der Waals surface area contributed by atoms with Gasteiger partial charge in [-0.3, -0.25) is 0 Å². The average Bonchev–Trinajstić information content (AvgIpc) is 2.93. The molecule has 0 aromatic heterocycles. The molecule has 0 aliphatic carbocycles. The van der Waals surface area contributed by atoms with Gasteiger partial charge in [0.1, 0.15) is 5.60 Å². The van der Waals surface area contributed by atoms with Crippen molar-refractivity contribution in [3.05, 3.63) is 0 Å². The van der Waals surface area contributed by atoms with Crippen molar-refractivity contribution in [3.63, 3.8) is 0 Å². The summed E-state index contributed by atoms with van der Waals surface area (Å²) in [6.07, 6.45) is 3.19. The van der Waals surface area contributed by atoms with Crippen molar-refractivity contribution in [2.45, 2.75) is 70.7 Å². The maximum atomic E-state index is 6.12. The highest BCUT2D eigenvalue weighted by molar-refractivity contribution is 6.74. The normalized spacial score (nSPS) is 23.4. The topological polar surface area (TPSA) is 21.8 Å². The average molecular weight is 268 g/mol. The molecule has 18 heavy (non-hydrogen) atoms. The SMILES string of the molecule is CC1(C#CCCCCO[Si](C)(C)C(C)(C)C)CO1. The Morgan fingerprint density at radius 1 is 1.28 bits per heavy atom. The van der Waals surface area contributed by atoms with Gasteiger partial charge in [0.2, 0.25) is 0 Å². The van der Waals surface area contributed by atoms with E-state index in [-0.39, 0.29) is 5.60 Å². The van der Waals surface area contributed by atoms with E-state index >= 15 is 0 Å². The minimum atomic E-state index is -1.55. The molecule has 0 bridgehead atoms. The van der Waals surface area contributed by atoms with Gasteiger partial charge in [-0.15, -0.1) is 5.92 Å². The smallest absolute Gasteiger partial charge is 0.191 e. The van der Waals surface area contributed by atoms with Gasteiger partial charge in [0.25, 0.3) is 0 Å². The Labute approximate surface area is 114 Å². The number of epoxide rings is 1. The number of hydrogen-bond acceptors (Lipinski definition) is 2. The van der Waals surface area contributed by atoms with E-state index < -0.39 is 8.32 Å². The van der Waals surface area contributed by atoms with Gasteiger partial charge in [-0.1, -0.05) is 26.7 Å².